The van der Waals surface area contributed by atoms with Gasteiger partial charge in [-0.05, 0) is 91.6 Å². The molecule has 0 aliphatic heterocycles. The number of fused-ring (bicyclic) bond motifs is 3. The van der Waals surface area contributed by atoms with Gasteiger partial charge in [-0.25, -0.2) is 9.59 Å². The smallest absolute Gasteiger partial charge is 0.333 e. The molecule has 6 nitrogen and oxygen atoms in total. The fourth-order valence-electron chi connectivity index (χ4n) is 5.58. The SMILES string of the molecule is C=CC(=O)OC(COC(=O)C(=C)C)COc1ccc2c(c1)C(C)(C)c1cc(N(c3ccc(C)cc3)c3ccc(C)cc3)ccc1-2. The highest BCUT2D eigenvalue weighted by Gasteiger charge is 2.36. The molecule has 45 heavy (non-hydrogen) atoms. The van der Waals surface area contributed by atoms with E-state index in [1.54, 1.807) is 6.92 Å². The fraction of sp³-hybridized carbons (Fsp3) is 0.231. The van der Waals surface area contributed by atoms with Gasteiger partial charge in [0, 0.05) is 34.1 Å². The van der Waals surface area contributed by atoms with Gasteiger partial charge in [0.1, 0.15) is 19.0 Å². The van der Waals surface area contributed by atoms with Gasteiger partial charge in [-0.1, -0.05) is 74.5 Å². The molecular weight excluding hydrogens is 562 g/mol. The maximum atomic E-state index is 11.9. The second kappa shape index (κ2) is 12.9. The van der Waals surface area contributed by atoms with Crippen molar-refractivity contribution in [2.24, 2.45) is 0 Å². The molecule has 4 aromatic rings. The van der Waals surface area contributed by atoms with Crippen molar-refractivity contribution in [2.75, 3.05) is 18.1 Å². The van der Waals surface area contributed by atoms with E-state index >= 15 is 0 Å². The van der Waals surface area contributed by atoms with Gasteiger partial charge >= 0.3 is 11.9 Å². The molecule has 1 aliphatic rings. The van der Waals surface area contributed by atoms with Crippen molar-refractivity contribution in [3.63, 3.8) is 0 Å². The second-order valence-corrected chi connectivity index (χ2v) is 12.0. The lowest BCUT2D eigenvalue weighted by molar-refractivity contribution is -0.154. The topological polar surface area (TPSA) is 65.1 Å². The number of hydrogen-bond acceptors (Lipinski definition) is 6. The molecule has 0 amide bonds. The van der Waals surface area contributed by atoms with Gasteiger partial charge < -0.3 is 19.1 Å². The van der Waals surface area contributed by atoms with Crippen LogP contribution >= 0.6 is 0 Å². The number of rotatable bonds is 11. The van der Waals surface area contributed by atoms with Crippen molar-refractivity contribution in [1.82, 2.24) is 0 Å². The minimum Gasteiger partial charge on any atom is -0.490 e. The van der Waals surface area contributed by atoms with Crippen LogP contribution in [0.15, 0.2) is 110 Å². The van der Waals surface area contributed by atoms with E-state index in [4.69, 9.17) is 14.2 Å². The molecule has 0 spiro atoms. The van der Waals surface area contributed by atoms with Gasteiger partial charge in [0.25, 0.3) is 0 Å². The predicted molar refractivity (Wildman–Crippen MR) is 180 cm³/mol. The Morgan fingerprint density at radius 1 is 0.800 bits per heavy atom. The van der Waals surface area contributed by atoms with Crippen molar-refractivity contribution in [2.45, 2.75) is 46.1 Å². The first kappa shape index (κ1) is 31.3. The predicted octanol–water partition coefficient (Wildman–Crippen LogP) is 8.68. The van der Waals surface area contributed by atoms with Crippen LogP contribution in [-0.2, 0) is 24.5 Å². The Kier molecular flexibility index (Phi) is 8.96. The summed E-state index contributed by atoms with van der Waals surface area (Å²) in [5.41, 5.74) is 10.3. The molecular formula is C39H39NO5. The highest BCUT2D eigenvalue weighted by molar-refractivity contribution is 5.87. The van der Waals surface area contributed by atoms with E-state index < -0.39 is 18.0 Å². The fourth-order valence-corrected chi connectivity index (χ4v) is 5.58. The number of benzene rings is 4. The lowest BCUT2D eigenvalue weighted by atomic mass is 9.82. The average molecular weight is 602 g/mol. The molecule has 0 N–H and O–H groups in total. The Morgan fingerprint density at radius 3 is 1.89 bits per heavy atom. The molecule has 4 aromatic carbocycles. The van der Waals surface area contributed by atoms with E-state index in [9.17, 15) is 9.59 Å². The van der Waals surface area contributed by atoms with Crippen LogP contribution in [-0.4, -0.2) is 31.3 Å². The molecule has 1 aliphatic carbocycles. The largest absolute Gasteiger partial charge is 0.490 e. The number of ether oxygens (including phenoxy) is 3. The molecule has 6 heteroatoms. The van der Waals surface area contributed by atoms with Gasteiger partial charge in [0.15, 0.2) is 6.10 Å². The highest BCUT2D eigenvalue weighted by Crippen LogP contribution is 2.51. The molecule has 0 saturated heterocycles. The Labute approximate surface area is 265 Å². The first-order valence-corrected chi connectivity index (χ1v) is 15.0. The van der Waals surface area contributed by atoms with E-state index in [1.165, 1.54) is 22.3 Å². The monoisotopic (exact) mass is 601 g/mol. The quantitative estimate of drug-likeness (QED) is 0.127. The minimum atomic E-state index is -0.811. The zero-order valence-electron chi connectivity index (χ0n) is 26.6. The number of aryl methyl sites for hydroxylation is 2. The van der Waals surface area contributed by atoms with Crippen LogP contribution in [0.25, 0.3) is 11.1 Å². The lowest BCUT2D eigenvalue weighted by Gasteiger charge is -2.28. The third kappa shape index (κ3) is 6.70. The first-order chi connectivity index (χ1) is 21.5. The Bertz CT molecular complexity index is 1710. The van der Waals surface area contributed by atoms with E-state index in [-0.39, 0.29) is 24.2 Å². The van der Waals surface area contributed by atoms with Crippen molar-refractivity contribution in [3.8, 4) is 16.9 Å². The molecule has 0 bridgehead atoms. The van der Waals surface area contributed by atoms with E-state index in [2.05, 4.69) is 119 Å². The van der Waals surface area contributed by atoms with Crippen LogP contribution in [0.3, 0.4) is 0 Å². The normalized spacial score (nSPS) is 13.2. The van der Waals surface area contributed by atoms with Crippen LogP contribution < -0.4 is 9.64 Å². The number of carbonyl (C=O) groups is 2. The van der Waals surface area contributed by atoms with Crippen LogP contribution in [0, 0.1) is 13.8 Å². The van der Waals surface area contributed by atoms with Crippen molar-refractivity contribution < 1.29 is 23.8 Å². The number of nitrogens with zero attached hydrogens (tertiary/aromatic N) is 1. The molecule has 230 valence electrons. The molecule has 5 rings (SSSR count). The zero-order chi connectivity index (χ0) is 32.3. The van der Waals surface area contributed by atoms with Gasteiger partial charge in [0.05, 0.1) is 0 Å². The molecule has 0 fully saturated rings. The van der Waals surface area contributed by atoms with Crippen molar-refractivity contribution in [3.05, 3.63) is 132 Å². The first-order valence-electron chi connectivity index (χ1n) is 15.0. The lowest BCUT2D eigenvalue weighted by Crippen LogP contribution is -2.30. The third-order valence-electron chi connectivity index (χ3n) is 8.11. The number of anilines is 3. The number of carbonyl (C=O) groups excluding carboxylic acids is 2. The molecule has 0 heterocycles. The highest BCUT2D eigenvalue weighted by atomic mass is 16.6. The van der Waals surface area contributed by atoms with Gasteiger partial charge in [0.2, 0.25) is 0 Å². The van der Waals surface area contributed by atoms with E-state index in [1.807, 2.05) is 12.1 Å². The van der Waals surface area contributed by atoms with Gasteiger partial charge in [-0.2, -0.15) is 0 Å². The summed E-state index contributed by atoms with van der Waals surface area (Å²) in [6.45, 7) is 17.1. The molecule has 1 unspecified atom stereocenters. The van der Waals surface area contributed by atoms with Gasteiger partial charge in [-0.3, -0.25) is 0 Å². The molecule has 0 aromatic heterocycles. The molecule has 0 saturated carbocycles. The van der Waals surface area contributed by atoms with Crippen molar-refractivity contribution in [1.29, 1.82) is 0 Å². The summed E-state index contributed by atoms with van der Waals surface area (Å²) in [6, 6.07) is 29.9. The Hall–Kier alpha value is -5.10. The summed E-state index contributed by atoms with van der Waals surface area (Å²) in [4.78, 5) is 26.1. The van der Waals surface area contributed by atoms with Crippen LogP contribution in [0.1, 0.15) is 43.0 Å². The maximum absolute atomic E-state index is 11.9. The summed E-state index contributed by atoms with van der Waals surface area (Å²) >= 11 is 0. The standard InChI is InChI=1S/C39H39NO5/c1-8-37(41)45-32(24-44-38(42)25(2)3)23-43-31-18-20-34-33-19-17-30(21-35(33)39(6,7)36(34)22-31)40(28-13-9-26(4)10-14-28)29-15-11-27(5)12-16-29/h8-22,32H,1-2,23-24H2,3-7H3. The summed E-state index contributed by atoms with van der Waals surface area (Å²) in [6.07, 6.45) is 0.254. The molecule has 0 radical (unpaired) electrons. The zero-order valence-corrected chi connectivity index (χ0v) is 26.6. The third-order valence-corrected chi connectivity index (χ3v) is 8.11. The number of esters is 2. The summed E-state index contributed by atoms with van der Waals surface area (Å²) in [5.74, 6) is -0.558. The Morgan fingerprint density at radius 2 is 1.33 bits per heavy atom. The average Bonchev–Trinajstić information content (AvgIpc) is 3.25. The van der Waals surface area contributed by atoms with Gasteiger partial charge in [-0.15, -0.1) is 0 Å². The van der Waals surface area contributed by atoms with Crippen LogP contribution in [0.5, 0.6) is 5.75 Å². The molecule has 1 atom stereocenters. The van der Waals surface area contributed by atoms with Crippen molar-refractivity contribution >= 4 is 29.0 Å². The van der Waals surface area contributed by atoms with E-state index in [0.717, 1.165) is 34.3 Å². The minimum absolute atomic E-state index is 0.00141. The Balaban J connectivity index is 1.43. The van der Waals surface area contributed by atoms with Crippen LogP contribution in [0.2, 0.25) is 0 Å². The maximum Gasteiger partial charge on any atom is 0.333 e. The van der Waals surface area contributed by atoms with E-state index in [0.29, 0.717) is 5.75 Å². The van der Waals surface area contributed by atoms with Crippen LogP contribution in [0.4, 0.5) is 17.1 Å². The summed E-state index contributed by atoms with van der Waals surface area (Å²) in [5, 5.41) is 0. The second-order valence-electron chi connectivity index (χ2n) is 12.0. The number of hydrogen-bond donors (Lipinski definition) is 0. The summed E-state index contributed by atoms with van der Waals surface area (Å²) in [7, 11) is 0. The summed E-state index contributed by atoms with van der Waals surface area (Å²) < 4.78 is 16.7.